The highest BCUT2D eigenvalue weighted by molar-refractivity contribution is 7.52. The SMILES string of the molecule is COC(=O)C(C)NP(=O)(OC[C@@H]1C=C[C@H](n2cc(C)c(=O)[nH]c2=O)O1)Oc1cccc(C(F)(F)F)c1. The van der Waals surface area contributed by atoms with E-state index in [0.29, 0.717) is 6.07 Å². The molecule has 0 radical (unpaired) electrons. The summed E-state index contributed by atoms with van der Waals surface area (Å²) in [4.78, 5) is 37.6. The maximum Gasteiger partial charge on any atom is 0.459 e. The number of aryl methyl sites for hydroxylation is 1. The predicted octanol–water partition coefficient (Wildman–Crippen LogP) is 2.67. The maximum absolute atomic E-state index is 13.4. The van der Waals surface area contributed by atoms with Gasteiger partial charge in [-0.2, -0.15) is 18.3 Å². The van der Waals surface area contributed by atoms with Crippen LogP contribution in [0.15, 0.2) is 52.2 Å². The van der Waals surface area contributed by atoms with Gasteiger partial charge < -0.3 is 14.0 Å². The Labute approximate surface area is 202 Å². The van der Waals surface area contributed by atoms with Crippen LogP contribution >= 0.6 is 7.75 Å². The number of aromatic nitrogens is 2. The van der Waals surface area contributed by atoms with E-state index in [4.69, 9.17) is 13.8 Å². The molecule has 2 heterocycles. The van der Waals surface area contributed by atoms with Gasteiger partial charge in [0.2, 0.25) is 0 Å². The summed E-state index contributed by atoms with van der Waals surface area (Å²) in [5.74, 6) is -1.25. The molecule has 0 spiro atoms. The number of carbonyl (C=O) groups is 1. The zero-order valence-corrected chi connectivity index (χ0v) is 20.2. The highest BCUT2D eigenvalue weighted by Crippen LogP contribution is 2.46. The van der Waals surface area contributed by atoms with Gasteiger partial charge in [0.05, 0.1) is 19.3 Å². The molecule has 2 N–H and O–H groups in total. The number of alkyl halides is 3. The van der Waals surface area contributed by atoms with Crippen LogP contribution in [0.3, 0.4) is 0 Å². The van der Waals surface area contributed by atoms with Crippen LogP contribution in [0.25, 0.3) is 0 Å². The third kappa shape index (κ3) is 6.72. The van der Waals surface area contributed by atoms with Gasteiger partial charge in [0.15, 0.2) is 6.23 Å². The van der Waals surface area contributed by atoms with Crippen molar-refractivity contribution in [3.63, 3.8) is 0 Å². The van der Waals surface area contributed by atoms with E-state index < -0.39 is 67.4 Å². The Kier molecular flexibility index (Phi) is 8.24. The Morgan fingerprint density at radius 1 is 1.31 bits per heavy atom. The lowest BCUT2D eigenvalue weighted by Crippen LogP contribution is -2.35. The van der Waals surface area contributed by atoms with Crippen molar-refractivity contribution in [2.45, 2.75) is 38.4 Å². The summed E-state index contributed by atoms with van der Waals surface area (Å²) in [5.41, 5.74) is -2.03. The zero-order chi connectivity index (χ0) is 26.7. The molecule has 36 heavy (non-hydrogen) atoms. The van der Waals surface area contributed by atoms with Crippen LogP contribution in [-0.2, 0) is 29.5 Å². The average Bonchev–Trinajstić information content (AvgIpc) is 3.28. The number of carbonyl (C=O) groups excluding carboxylic acids is 1. The van der Waals surface area contributed by atoms with E-state index in [1.54, 1.807) is 0 Å². The van der Waals surface area contributed by atoms with Crippen molar-refractivity contribution in [3.8, 4) is 5.75 Å². The van der Waals surface area contributed by atoms with Crippen molar-refractivity contribution in [1.29, 1.82) is 0 Å². The number of methoxy groups -OCH3 is 1. The lowest BCUT2D eigenvalue weighted by Gasteiger charge is -2.24. The normalized spacial score (nSPS) is 20.1. The summed E-state index contributed by atoms with van der Waals surface area (Å²) >= 11 is 0. The molecule has 0 amide bonds. The second-order valence-corrected chi connectivity index (χ2v) is 9.41. The lowest BCUT2D eigenvalue weighted by molar-refractivity contribution is -0.142. The van der Waals surface area contributed by atoms with Gasteiger partial charge in [-0.15, -0.1) is 0 Å². The van der Waals surface area contributed by atoms with Crippen LogP contribution in [0, 0.1) is 6.92 Å². The molecule has 1 aromatic heterocycles. The molecule has 196 valence electrons. The largest absolute Gasteiger partial charge is 0.468 e. The van der Waals surface area contributed by atoms with Gasteiger partial charge in [0.25, 0.3) is 5.56 Å². The Bertz CT molecular complexity index is 1310. The molecular weight excluding hydrogens is 510 g/mol. The zero-order valence-electron chi connectivity index (χ0n) is 19.3. The first-order valence-corrected chi connectivity index (χ1v) is 12.0. The molecule has 0 aliphatic carbocycles. The third-order valence-electron chi connectivity index (χ3n) is 4.93. The van der Waals surface area contributed by atoms with E-state index in [-0.39, 0.29) is 5.56 Å². The van der Waals surface area contributed by atoms with Crippen LogP contribution in [0.1, 0.15) is 24.3 Å². The lowest BCUT2D eigenvalue weighted by atomic mass is 10.2. The second kappa shape index (κ2) is 10.8. The minimum Gasteiger partial charge on any atom is -0.468 e. The molecule has 3 rings (SSSR count). The van der Waals surface area contributed by atoms with Gasteiger partial charge in [-0.05, 0) is 38.1 Å². The number of benzene rings is 1. The number of hydrogen-bond acceptors (Lipinski definition) is 8. The molecule has 4 atom stereocenters. The summed E-state index contributed by atoms with van der Waals surface area (Å²) in [7, 11) is -3.36. The maximum atomic E-state index is 13.4. The van der Waals surface area contributed by atoms with E-state index in [1.807, 2.05) is 0 Å². The van der Waals surface area contributed by atoms with Gasteiger partial charge in [-0.3, -0.25) is 23.7 Å². The first-order chi connectivity index (χ1) is 16.8. The Hall–Kier alpha value is -3.19. The van der Waals surface area contributed by atoms with Gasteiger partial charge in [-0.25, -0.2) is 9.36 Å². The van der Waals surface area contributed by atoms with Crippen LogP contribution in [0.4, 0.5) is 13.2 Å². The number of hydrogen-bond donors (Lipinski definition) is 2. The molecule has 2 aromatic rings. The number of rotatable bonds is 9. The molecule has 0 bridgehead atoms. The number of nitrogens with one attached hydrogen (secondary N) is 2. The first kappa shape index (κ1) is 27.4. The molecule has 11 nitrogen and oxygen atoms in total. The topological polar surface area (TPSA) is 138 Å². The number of esters is 1. The number of ether oxygens (including phenoxy) is 2. The molecular formula is C21H23F3N3O8P. The molecule has 1 aromatic carbocycles. The first-order valence-electron chi connectivity index (χ1n) is 10.4. The molecule has 0 saturated carbocycles. The van der Waals surface area contributed by atoms with Crippen molar-refractivity contribution in [2.75, 3.05) is 13.7 Å². The van der Waals surface area contributed by atoms with E-state index in [1.165, 1.54) is 32.2 Å². The number of nitrogens with zero attached hydrogens (tertiary/aromatic N) is 1. The molecule has 0 fully saturated rings. The van der Waals surface area contributed by atoms with Gasteiger partial charge in [-0.1, -0.05) is 12.1 Å². The number of aromatic amines is 1. The summed E-state index contributed by atoms with van der Waals surface area (Å²) in [5, 5.41) is 2.32. The molecule has 2 unspecified atom stereocenters. The molecule has 0 saturated heterocycles. The average molecular weight is 533 g/mol. The number of halogens is 3. The summed E-state index contributed by atoms with van der Waals surface area (Å²) < 4.78 is 74.6. The smallest absolute Gasteiger partial charge is 0.459 e. The third-order valence-corrected chi connectivity index (χ3v) is 6.57. The van der Waals surface area contributed by atoms with Crippen molar-refractivity contribution >= 4 is 13.7 Å². The van der Waals surface area contributed by atoms with Crippen LogP contribution < -0.4 is 20.9 Å². The van der Waals surface area contributed by atoms with Gasteiger partial charge >= 0.3 is 25.6 Å². The minimum absolute atomic E-state index is 0.270. The van der Waals surface area contributed by atoms with Crippen molar-refractivity contribution < 1.29 is 41.1 Å². The molecule has 1 aliphatic heterocycles. The van der Waals surface area contributed by atoms with Gasteiger partial charge in [0.1, 0.15) is 17.9 Å². The van der Waals surface area contributed by atoms with Crippen LogP contribution in [-0.4, -0.2) is 41.4 Å². The Morgan fingerprint density at radius 2 is 2.03 bits per heavy atom. The van der Waals surface area contributed by atoms with Crippen molar-refractivity contribution in [2.24, 2.45) is 0 Å². The predicted molar refractivity (Wildman–Crippen MR) is 119 cm³/mol. The van der Waals surface area contributed by atoms with E-state index in [9.17, 15) is 32.1 Å². The van der Waals surface area contributed by atoms with E-state index in [0.717, 1.165) is 29.9 Å². The second-order valence-electron chi connectivity index (χ2n) is 7.71. The van der Waals surface area contributed by atoms with E-state index in [2.05, 4.69) is 14.8 Å². The minimum atomic E-state index is -4.67. The summed E-state index contributed by atoms with van der Waals surface area (Å²) in [6.07, 6.45) is -2.14. The quantitative estimate of drug-likeness (QED) is 0.283. The molecule has 15 heteroatoms. The van der Waals surface area contributed by atoms with Gasteiger partial charge in [0, 0.05) is 11.8 Å². The highest BCUT2D eigenvalue weighted by Gasteiger charge is 2.35. The summed E-state index contributed by atoms with van der Waals surface area (Å²) in [6, 6.07) is 2.43. The Morgan fingerprint density at radius 3 is 2.69 bits per heavy atom. The standard InChI is InChI=1S/C21H23F3N3O8P/c1-12-10-27(20(30)25-18(12)28)17-8-7-16(34-17)11-33-36(31,26-13(2)19(29)32-3)35-15-6-4-5-14(9-15)21(22,23)24/h4-10,13,16-17H,11H2,1-3H3,(H,26,31)(H,25,28,30)/t13?,16-,17+,36?/m0/s1. The number of H-pyrrole nitrogens is 1. The Balaban J connectivity index is 1.76. The van der Waals surface area contributed by atoms with Crippen LogP contribution in [0.5, 0.6) is 5.75 Å². The fourth-order valence-electron chi connectivity index (χ4n) is 3.11. The fourth-order valence-corrected chi connectivity index (χ4v) is 4.61. The highest BCUT2D eigenvalue weighted by atomic mass is 31.2. The van der Waals surface area contributed by atoms with Crippen molar-refractivity contribution in [3.05, 3.63) is 74.6 Å². The van der Waals surface area contributed by atoms with Crippen LogP contribution in [0.2, 0.25) is 0 Å². The monoisotopic (exact) mass is 533 g/mol. The fraction of sp³-hybridized carbons (Fsp3) is 0.381. The van der Waals surface area contributed by atoms with Crippen molar-refractivity contribution in [1.82, 2.24) is 14.6 Å². The summed E-state index contributed by atoms with van der Waals surface area (Å²) in [6.45, 7) is 2.37. The van der Waals surface area contributed by atoms with E-state index >= 15 is 0 Å². The molecule has 1 aliphatic rings.